The summed E-state index contributed by atoms with van der Waals surface area (Å²) in [7, 11) is 0. The van der Waals surface area contributed by atoms with Gasteiger partial charge in [0.1, 0.15) is 0 Å². The third kappa shape index (κ3) is 3.97. The van der Waals surface area contributed by atoms with Crippen molar-refractivity contribution in [2.45, 2.75) is 30.6 Å². The Morgan fingerprint density at radius 2 is 1.60 bits per heavy atom. The molecule has 0 spiro atoms. The van der Waals surface area contributed by atoms with E-state index in [4.69, 9.17) is 0 Å². The van der Waals surface area contributed by atoms with E-state index in [1.165, 1.54) is 18.0 Å². The van der Waals surface area contributed by atoms with Crippen molar-refractivity contribution in [1.29, 1.82) is 0 Å². The van der Waals surface area contributed by atoms with E-state index in [-0.39, 0.29) is 11.4 Å². The largest absolute Gasteiger partial charge is 0.434 e. The zero-order chi connectivity index (χ0) is 21.1. The highest BCUT2D eigenvalue weighted by Gasteiger charge is 2.40. The number of hydrogen-bond acceptors (Lipinski definition) is 4. The molecule has 0 unspecified atom stereocenters. The van der Waals surface area contributed by atoms with E-state index in [2.05, 4.69) is 15.3 Å². The van der Waals surface area contributed by atoms with Gasteiger partial charge in [-0.3, -0.25) is 0 Å². The summed E-state index contributed by atoms with van der Waals surface area (Å²) >= 11 is 1.44. The number of hydrogen-bond donors (Lipinski definition) is 0. The van der Waals surface area contributed by atoms with Gasteiger partial charge < -0.3 is 4.57 Å². The second-order valence-corrected chi connectivity index (χ2v) is 7.42. The van der Waals surface area contributed by atoms with E-state index < -0.39 is 11.9 Å². The van der Waals surface area contributed by atoms with Gasteiger partial charge in [0.2, 0.25) is 0 Å². The van der Waals surface area contributed by atoms with Crippen LogP contribution < -0.4 is 0 Å². The number of alkyl halides is 3. The molecule has 5 nitrogen and oxygen atoms in total. The van der Waals surface area contributed by atoms with Gasteiger partial charge in [-0.1, -0.05) is 60.3 Å². The van der Waals surface area contributed by atoms with Crippen LogP contribution >= 0.6 is 11.8 Å². The minimum absolute atomic E-state index is 0.0905. The fourth-order valence-electron chi connectivity index (χ4n) is 3.15. The lowest BCUT2D eigenvalue weighted by Crippen LogP contribution is -2.15. The molecule has 2 heterocycles. The highest BCUT2D eigenvalue weighted by atomic mass is 32.2. The average Bonchev–Trinajstić information content (AvgIpc) is 3.37. The monoisotopic (exact) mass is 429 g/mol. The summed E-state index contributed by atoms with van der Waals surface area (Å²) in [4.78, 5) is 0. The normalized spacial score (nSPS) is 11.7. The number of benzene rings is 2. The minimum atomic E-state index is -4.61. The summed E-state index contributed by atoms with van der Waals surface area (Å²) in [6, 6.07) is 18.1. The Bertz CT molecular complexity index is 1120. The molecule has 154 valence electrons. The van der Waals surface area contributed by atoms with Gasteiger partial charge in [-0.2, -0.15) is 18.3 Å². The van der Waals surface area contributed by atoms with Crippen LogP contribution in [0.5, 0.6) is 0 Å². The smallest absolute Gasteiger partial charge is 0.302 e. The van der Waals surface area contributed by atoms with E-state index in [0.29, 0.717) is 23.1 Å². The van der Waals surface area contributed by atoms with Crippen molar-refractivity contribution in [3.8, 4) is 17.1 Å². The van der Waals surface area contributed by atoms with E-state index >= 15 is 0 Å². The standard InChI is InChI=1S/C21H18F3N5S/c1-2-28-19(26-27-20(28)30-14-15-9-5-3-6-10-15)17-13-25-29(18(17)21(22,23)24)16-11-7-4-8-12-16/h3-13H,2,14H2,1H3. The molecule has 0 fully saturated rings. The molecule has 2 aromatic carbocycles. The molecular weight excluding hydrogens is 411 g/mol. The van der Waals surface area contributed by atoms with Gasteiger partial charge in [0, 0.05) is 12.3 Å². The maximum Gasteiger partial charge on any atom is 0.434 e. The van der Waals surface area contributed by atoms with Crippen molar-refractivity contribution in [3.05, 3.63) is 78.1 Å². The van der Waals surface area contributed by atoms with Gasteiger partial charge in [-0.15, -0.1) is 10.2 Å². The highest BCUT2D eigenvalue weighted by molar-refractivity contribution is 7.98. The molecule has 0 saturated heterocycles. The fourth-order valence-corrected chi connectivity index (χ4v) is 4.11. The van der Waals surface area contributed by atoms with E-state index in [0.717, 1.165) is 10.2 Å². The van der Waals surface area contributed by atoms with Crippen LogP contribution in [0.25, 0.3) is 17.1 Å². The van der Waals surface area contributed by atoms with Crippen LogP contribution in [-0.2, 0) is 18.5 Å². The van der Waals surface area contributed by atoms with Crippen molar-refractivity contribution in [2.75, 3.05) is 0 Å². The molecule has 0 N–H and O–H groups in total. The molecule has 0 aliphatic carbocycles. The molecule has 30 heavy (non-hydrogen) atoms. The number of para-hydroxylation sites is 1. The molecule has 4 aromatic rings. The number of aromatic nitrogens is 5. The molecule has 0 aliphatic heterocycles. The first-order valence-corrected chi connectivity index (χ1v) is 10.3. The molecule has 0 aliphatic rings. The first-order chi connectivity index (χ1) is 14.5. The van der Waals surface area contributed by atoms with Crippen molar-refractivity contribution >= 4 is 11.8 Å². The van der Waals surface area contributed by atoms with Crippen molar-refractivity contribution < 1.29 is 13.2 Å². The second kappa shape index (κ2) is 8.35. The summed E-state index contributed by atoms with van der Waals surface area (Å²) in [5, 5.41) is 12.8. The summed E-state index contributed by atoms with van der Waals surface area (Å²) in [5.74, 6) is 0.802. The lowest BCUT2D eigenvalue weighted by Gasteiger charge is -2.13. The van der Waals surface area contributed by atoms with Gasteiger partial charge in [0.25, 0.3) is 0 Å². The Morgan fingerprint density at radius 1 is 0.933 bits per heavy atom. The molecule has 0 bridgehead atoms. The number of thioether (sulfide) groups is 1. The molecule has 4 rings (SSSR count). The maximum atomic E-state index is 14.0. The van der Waals surface area contributed by atoms with Gasteiger partial charge in [-0.25, -0.2) is 4.68 Å². The third-order valence-electron chi connectivity index (χ3n) is 4.52. The van der Waals surface area contributed by atoms with Crippen molar-refractivity contribution in [3.63, 3.8) is 0 Å². The van der Waals surface area contributed by atoms with Crippen LogP contribution in [0.15, 0.2) is 72.0 Å². The van der Waals surface area contributed by atoms with Crippen LogP contribution in [0.2, 0.25) is 0 Å². The summed E-state index contributed by atoms with van der Waals surface area (Å²) in [6.07, 6.45) is -3.40. The van der Waals surface area contributed by atoms with Gasteiger partial charge in [-0.05, 0) is 24.6 Å². The average molecular weight is 429 g/mol. The van der Waals surface area contributed by atoms with E-state index in [1.807, 2.05) is 37.3 Å². The summed E-state index contributed by atoms with van der Waals surface area (Å²) in [5.41, 5.74) is 0.475. The highest BCUT2D eigenvalue weighted by Crippen LogP contribution is 2.38. The van der Waals surface area contributed by atoms with Crippen molar-refractivity contribution in [1.82, 2.24) is 24.5 Å². The van der Waals surface area contributed by atoms with E-state index in [1.54, 1.807) is 34.9 Å². The maximum absolute atomic E-state index is 14.0. The van der Waals surface area contributed by atoms with Crippen LogP contribution in [-0.4, -0.2) is 24.5 Å². The van der Waals surface area contributed by atoms with Crippen LogP contribution in [0.3, 0.4) is 0 Å². The Labute approximate surface area is 175 Å². The number of halogens is 3. The SMILES string of the molecule is CCn1c(SCc2ccccc2)nnc1-c1cnn(-c2ccccc2)c1C(F)(F)F. The zero-order valence-corrected chi connectivity index (χ0v) is 16.9. The molecule has 2 aromatic heterocycles. The quantitative estimate of drug-likeness (QED) is 0.382. The summed E-state index contributed by atoms with van der Waals surface area (Å²) in [6.45, 7) is 2.29. The first kappa shape index (κ1) is 20.2. The van der Waals surface area contributed by atoms with E-state index in [9.17, 15) is 13.2 Å². The van der Waals surface area contributed by atoms with Gasteiger partial charge in [0.15, 0.2) is 16.7 Å². The predicted molar refractivity (Wildman–Crippen MR) is 109 cm³/mol. The lowest BCUT2D eigenvalue weighted by molar-refractivity contribution is -0.142. The van der Waals surface area contributed by atoms with Crippen LogP contribution in [0.4, 0.5) is 13.2 Å². The Balaban J connectivity index is 1.74. The molecule has 9 heteroatoms. The Kier molecular flexibility index (Phi) is 5.63. The minimum Gasteiger partial charge on any atom is -0.302 e. The zero-order valence-electron chi connectivity index (χ0n) is 16.0. The summed E-state index contributed by atoms with van der Waals surface area (Å²) < 4.78 is 44.6. The molecular formula is C21H18F3N5S. The third-order valence-corrected chi connectivity index (χ3v) is 5.56. The second-order valence-electron chi connectivity index (χ2n) is 6.48. The number of rotatable bonds is 6. The van der Waals surface area contributed by atoms with Crippen LogP contribution in [0.1, 0.15) is 18.2 Å². The Morgan fingerprint density at radius 3 is 2.23 bits per heavy atom. The first-order valence-electron chi connectivity index (χ1n) is 9.30. The Hall–Kier alpha value is -3.07. The lowest BCUT2D eigenvalue weighted by atomic mass is 10.2. The molecule has 0 radical (unpaired) electrons. The van der Waals surface area contributed by atoms with Crippen molar-refractivity contribution in [2.24, 2.45) is 0 Å². The van der Waals surface area contributed by atoms with Gasteiger partial charge in [0.05, 0.1) is 17.4 Å². The molecule has 0 saturated carbocycles. The predicted octanol–water partition coefficient (Wildman–Crippen LogP) is 5.46. The molecule has 0 amide bonds. The van der Waals surface area contributed by atoms with Crippen LogP contribution in [0, 0.1) is 0 Å². The topological polar surface area (TPSA) is 48.5 Å². The number of nitrogens with zero attached hydrogens (tertiary/aromatic N) is 5. The van der Waals surface area contributed by atoms with Gasteiger partial charge >= 0.3 is 6.18 Å². The molecule has 0 atom stereocenters. The fraction of sp³-hybridized carbons (Fsp3) is 0.190.